The van der Waals surface area contributed by atoms with E-state index in [2.05, 4.69) is 0 Å². The highest BCUT2D eigenvalue weighted by molar-refractivity contribution is 8.10. The van der Waals surface area contributed by atoms with E-state index in [0.29, 0.717) is 44.5 Å². The number of carbonyl (C=O) groups excluding carboxylic acids is 3. The summed E-state index contributed by atoms with van der Waals surface area (Å²) in [5.41, 5.74) is 3.43. The third-order valence-corrected chi connectivity index (χ3v) is 11.3. The van der Waals surface area contributed by atoms with Crippen LogP contribution >= 0.6 is 0 Å². The molecule has 6 aromatic carbocycles. The minimum Gasteiger partial charge on any atom is -0.304 e. The van der Waals surface area contributed by atoms with Gasteiger partial charge in [0.15, 0.2) is 17.3 Å². The summed E-state index contributed by atoms with van der Waals surface area (Å²) >= 11 is 0. The van der Waals surface area contributed by atoms with Crippen LogP contribution in [0.15, 0.2) is 144 Å². The number of hydrogen-bond donors (Lipinski definition) is 2. The summed E-state index contributed by atoms with van der Waals surface area (Å²) in [7, 11) is -5.32. The first-order valence-electron chi connectivity index (χ1n) is 16.7. The average molecular weight is 731 g/mol. The van der Waals surface area contributed by atoms with Gasteiger partial charge in [-0.3, -0.25) is 14.4 Å². The predicted molar refractivity (Wildman–Crippen MR) is 203 cm³/mol. The molecule has 0 amide bonds. The van der Waals surface area contributed by atoms with Gasteiger partial charge in [-0.15, -0.1) is 0 Å². The maximum Gasteiger partial charge on any atom is 0.193 e. The highest BCUT2D eigenvalue weighted by atomic mass is 32.3. The van der Waals surface area contributed by atoms with Crippen molar-refractivity contribution in [2.24, 2.45) is 5.41 Å². The second-order valence-electron chi connectivity index (χ2n) is 14.2. The van der Waals surface area contributed by atoms with Gasteiger partial charge in [0.1, 0.15) is 21.3 Å². The molecule has 0 unspecified atom stereocenters. The first-order chi connectivity index (χ1) is 25.0. The van der Waals surface area contributed by atoms with E-state index in [1.807, 2.05) is 6.07 Å². The molecule has 268 valence electrons. The quantitative estimate of drug-likeness (QED) is 0.136. The second kappa shape index (κ2) is 14.0. The van der Waals surface area contributed by atoms with Crippen molar-refractivity contribution < 1.29 is 36.5 Å². The van der Waals surface area contributed by atoms with Crippen molar-refractivity contribution >= 4 is 27.0 Å². The number of ketones is 3. The summed E-state index contributed by atoms with van der Waals surface area (Å²) in [6, 6.07) is 34.7. The lowest BCUT2D eigenvalue weighted by molar-refractivity contribution is 0.103. The van der Waals surface area contributed by atoms with Crippen molar-refractivity contribution in [3.05, 3.63) is 185 Å². The summed E-state index contributed by atoms with van der Waals surface area (Å²) in [5, 5.41) is 0. The van der Waals surface area contributed by atoms with Gasteiger partial charge in [-0.2, -0.15) is 0 Å². The van der Waals surface area contributed by atoms with E-state index in [-0.39, 0.29) is 27.6 Å². The van der Waals surface area contributed by atoms with Gasteiger partial charge >= 0.3 is 0 Å². The van der Waals surface area contributed by atoms with Crippen LogP contribution in [0.1, 0.15) is 68.5 Å². The lowest BCUT2D eigenvalue weighted by Gasteiger charge is -2.36. The highest BCUT2D eigenvalue weighted by Crippen LogP contribution is 2.37. The van der Waals surface area contributed by atoms with Crippen molar-refractivity contribution in [1.82, 2.24) is 0 Å². The summed E-state index contributed by atoms with van der Waals surface area (Å²) in [6.07, 6.45) is 0. The fourth-order valence-electron chi connectivity index (χ4n) is 6.23. The van der Waals surface area contributed by atoms with E-state index in [1.165, 1.54) is 72.8 Å². The predicted octanol–water partition coefficient (Wildman–Crippen LogP) is 10.2. The van der Waals surface area contributed by atoms with Gasteiger partial charge in [-0.05, 0) is 94.4 Å². The maximum atomic E-state index is 14.4. The molecular formula is C44H36F2O6S. The molecule has 0 aliphatic carbocycles. The SMILES string of the molecule is CC(C)(C)CS(=O)(O)(O)c1cccc(C(=O)c2cc(-c3ccc(C(=O)c4ccc(F)cc4)cc3)ccc2-c2ccc(C(=O)c3ccc(F)cc3)cc2)c1. The van der Waals surface area contributed by atoms with Crippen LogP contribution in [0.25, 0.3) is 22.3 Å². The van der Waals surface area contributed by atoms with Gasteiger partial charge in [-0.1, -0.05) is 93.6 Å². The Morgan fingerprint density at radius 2 is 0.962 bits per heavy atom. The minimum atomic E-state index is -5.32. The second-order valence-corrected chi connectivity index (χ2v) is 17.0. The Morgan fingerprint density at radius 3 is 1.43 bits per heavy atom. The van der Waals surface area contributed by atoms with Gasteiger partial charge in [0.2, 0.25) is 0 Å². The van der Waals surface area contributed by atoms with Crippen LogP contribution in [0, 0.1) is 17.0 Å². The molecule has 0 fully saturated rings. The van der Waals surface area contributed by atoms with Crippen LogP contribution in [0.4, 0.5) is 8.78 Å². The van der Waals surface area contributed by atoms with Crippen molar-refractivity contribution in [3.63, 3.8) is 0 Å². The summed E-state index contributed by atoms with van der Waals surface area (Å²) < 4.78 is 62.4. The molecule has 0 atom stereocenters. The number of rotatable bonds is 10. The first-order valence-corrected chi connectivity index (χ1v) is 18.8. The zero-order chi connectivity index (χ0) is 38.2. The Labute approximate surface area is 306 Å². The monoisotopic (exact) mass is 730 g/mol. The molecule has 0 saturated carbocycles. The van der Waals surface area contributed by atoms with Gasteiger partial charge in [0, 0.05) is 33.4 Å². The molecule has 0 aliphatic rings. The maximum absolute atomic E-state index is 14.4. The molecule has 0 spiro atoms. The summed E-state index contributed by atoms with van der Waals surface area (Å²) in [4.78, 5) is 40.2. The lowest BCUT2D eigenvalue weighted by atomic mass is 9.89. The van der Waals surface area contributed by atoms with E-state index in [1.54, 1.807) is 81.4 Å². The third-order valence-electron chi connectivity index (χ3n) is 8.68. The number of benzene rings is 6. The summed E-state index contributed by atoms with van der Waals surface area (Å²) in [6.45, 7) is 5.18. The van der Waals surface area contributed by atoms with Crippen LogP contribution in [0.5, 0.6) is 0 Å². The Balaban J connectivity index is 1.40. The minimum absolute atomic E-state index is 0.0695. The molecule has 0 aliphatic heterocycles. The zero-order valence-corrected chi connectivity index (χ0v) is 30.0. The van der Waals surface area contributed by atoms with Gasteiger partial charge in [-0.25, -0.2) is 13.0 Å². The van der Waals surface area contributed by atoms with E-state index < -0.39 is 38.2 Å². The van der Waals surface area contributed by atoms with Crippen LogP contribution in [-0.4, -0.2) is 36.4 Å². The Morgan fingerprint density at radius 1 is 0.528 bits per heavy atom. The van der Waals surface area contributed by atoms with Gasteiger partial charge in [0.25, 0.3) is 0 Å². The van der Waals surface area contributed by atoms with Crippen molar-refractivity contribution in [2.75, 3.05) is 5.75 Å². The Kier molecular flexibility index (Phi) is 9.78. The van der Waals surface area contributed by atoms with E-state index in [9.17, 15) is 36.5 Å². The molecule has 0 aromatic heterocycles. The van der Waals surface area contributed by atoms with E-state index in [4.69, 9.17) is 0 Å². The fourth-order valence-corrected chi connectivity index (χ4v) is 8.67. The fraction of sp³-hybridized carbons (Fsp3) is 0.114. The Bertz CT molecular complexity index is 2420. The topological polar surface area (TPSA) is 109 Å². The van der Waals surface area contributed by atoms with Crippen molar-refractivity contribution in [3.8, 4) is 22.3 Å². The molecule has 6 aromatic rings. The normalized spacial score (nSPS) is 12.5. The zero-order valence-electron chi connectivity index (χ0n) is 29.2. The number of halogens is 2. The van der Waals surface area contributed by atoms with Gasteiger partial charge < -0.3 is 9.11 Å². The molecule has 0 heterocycles. The van der Waals surface area contributed by atoms with Gasteiger partial charge in [0.05, 0.1) is 10.6 Å². The first kappa shape index (κ1) is 37.0. The van der Waals surface area contributed by atoms with Crippen LogP contribution < -0.4 is 0 Å². The van der Waals surface area contributed by atoms with Crippen molar-refractivity contribution in [2.45, 2.75) is 25.7 Å². The molecule has 0 bridgehead atoms. The molecular weight excluding hydrogens is 695 g/mol. The molecule has 53 heavy (non-hydrogen) atoms. The summed E-state index contributed by atoms with van der Waals surface area (Å²) in [5.74, 6) is -2.41. The molecule has 0 saturated heterocycles. The molecule has 2 N–H and O–H groups in total. The van der Waals surface area contributed by atoms with Crippen LogP contribution in [0.2, 0.25) is 0 Å². The third kappa shape index (κ3) is 8.34. The average Bonchev–Trinajstić information content (AvgIpc) is 3.13. The number of carbonyl (C=O) groups is 3. The smallest absolute Gasteiger partial charge is 0.193 e. The molecule has 9 heteroatoms. The Hall–Kier alpha value is -5.74. The van der Waals surface area contributed by atoms with Crippen LogP contribution in [-0.2, 0) is 9.63 Å². The highest BCUT2D eigenvalue weighted by Gasteiger charge is 2.38. The molecule has 6 rings (SSSR count). The van der Waals surface area contributed by atoms with E-state index >= 15 is 0 Å². The number of hydrogen-bond acceptors (Lipinski definition) is 4. The van der Waals surface area contributed by atoms with Crippen LogP contribution in [0.3, 0.4) is 0 Å². The van der Waals surface area contributed by atoms with Crippen molar-refractivity contribution in [1.29, 1.82) is 0 Å². The molecule has 0 radical (unpaired) electrons. The largest absolute Gasteiger partial charge is 0.304 e. The molecule has 6 nitrogen and oxygen atoms in total. The standard InChI is InChI=1S/C44H36F2O6S/c1-44(2,3)27-53(50,51,52)38-6-4-5-35(25-38)43(49)40-26-34(28-7-11-30(12-8-28)41(47)32-15-20-36(45)21-16-32)19-24-39(40)29-9-13-31(14-10-29)42(48)33-17-22-37(46)23-18-33/h4-26H,27H2,1-3H3,(H2,50,51,52). The van der Waals surface area contributed by atoms with E-state index in [0.717, 1.165) is 0 Å². The lowest BCUT2D eigenvalue weighted by Crippen LogP contribution is -2.41.